The smallest absolute Gasteiger partial charge is 0.434 e. The third-order valence-corrected chi connectivity index (χ3v) is 2.87. The van der Waals surface area contributed by atoms with E-state index in [-0.39, 0.29) is 5.88 Å². The van der Waals surface area contributed by atoms with Gasteiger partial charge >= 0.3 is 5.88 Å². The second-order valence-corrected chi connectivity index (χ2v) is 3.91. The van der Waals surface area contributed by atoms with Crippen LogP contribution in [0.25, 0.3) is 21.7 Å². The molecule has 0 N–H and O–H groups in total. The van der Waals surface area contributed by atoms with Gasteiger partial charge in [-0.15, -0.1) is 0 Å². The number of ether oxygens (including phenoxy) is 1. The Balaban J connectivity index is 2.34. The number of hydrogen-bond acceptors (Lipinski definition) is 4. The number of hydrogen-bond donors (Lipinski definition) is 0. The van der Waals surface area contributed by atoms with E-state index >= 15 is 0 Å². The highest BCUT2D eigenvalue weighted by molar-refractivity contribution is 6.05. The van der Waals surface area contributed by atoms with E-state index in [0.29, 0.717) is 5.58 Å². The summed E-state index contributed by atoms with van der Waals surface area (Å²) in [7, 11) is 1.59. The summed E-state index contributed by atoms with van der Waals surface area (Å²) in [6, 6.07) is 10.6. The summed E-state index contributed by atoms with van der Waals surface area (Å²) >= 11 is 0. The van der Waals surface area contributed by atoms with Crippen LogP contribution in [0.3, 0.4) is 0 Å². The molecule has 1 aromatic heterocycles. The molecule has 0 radical (unpaired) electrons. The third kappa shape index (κ3) is 1.48. The molecule has 0 amide bonds. The van der Waals surface area contributed by atoms with Crippen LogP contribution in [0.1, 0.15) is 0 Å². The monoisotopic (exact) mass is 243 g/mol. The van der Waals surface area contributed by atoms with Crippen LogP contribution in [0.15, 0.2) is 40.8 Å². The maximum absolute atomic E-state index is 10.7. The van der Waals surface area contributed by atoms with Crippen molar-refractivity contribution in [2.24, 2.45) is 0 Å². The first-order valence-electron chi connectivity index (χ1n) is 5.34. The van der Waals surface area contributed by atoms with Gasteiger partial charge in [0.25, 0.3) is 0 Å². The van der Waals surface area contributed by atoms with Gasteiger partial charge < -0.3 is 9.15 Å². The van der Waals surface area contributed by atoms with E-state index < -0.39 is 4.92 Å². The quantitative estimate of drug-likeness (QED) is 0.510. The summed E-state index contributed by atoms with van der Waals surface area (Å²) in [5.74, 6) is 0.497. The van der Waals surface area contributed by atoms with E-state index in [4.69, 9.17) is 9.15 Å². The lowest BCUT2D eigenvalue weighted by atomic mass is 10.1. The molecular formula is C13H9NO4. The van der Waals surface area contributed by atoms with Gasteiger partial charge in [0.2, 0.25) is 0 Å². The largest absolute Gasteiger partial charge is 0.497 e. The van der Waals surface area contributed by atoms with Crippen molar-refractivity contribution < 1.29 is 14.1 Å². The highest BCUT2D eigenvalue weighted by Gasteiger charge is 2.15. The Morgan fingerprint density at radius 3 is 2.67 bits per heavy atom. The molecule has 0 unspecified atom stereocenters. The maximum Gasteiger partial charge on any atom is 0.434 e. The Labute approximate surface area is 102 Å². The Morgan fingerprint density at radius 2 is 1.94 bits per heavy atom. The molecule has 5 heteroatoms. The van der Waals surface area contributed by atoms with Gasteiger partial charge in [0, 0.05) is 10.8 Å². The molecule has 0 aliphatic carbocycles. The van der Waals surface area contributed by atoms with E-state index in [1.807, 2.05) is 18.2 Å². The first-order chi connectivity index (χ1) is 8.69. The number of methoxy groups -OCH3 is 1. The minimum atomic E-state index is -0.532. The van der Waals surface area contributed by atoms with E-state index in [2.05, 4.69) is 0 Å². The van der Waals surface area contributed by atoms with Crippen molar-refractivity contribution in [2.45, 2.75) is 0 Å². The average Bonchev–Trinajstić information content (AvgIpc) is 2.82. The zero-order valence-corrected chi connectivity index (χ0v) is 9.54. The molecule has 18 heavy (non-hydrogen) atoms. The van der Waals surface area contributed by atoms with Crippen LogP contribution in [-0.2, 0) is 0 Å². The fourth-order valence-electron chi connectivity index (χ4n) is 2.01. The van der Waals surface area contributed by atoms with Crippen LogP contribution in [0, 0.1) is 10.1 Å². The lowest BCUT2D eigenvalue weighted by Crippen LogP contribution is -1.82. The Morgan fingerprint density at radius 1 is 1.17 bits per heavy atom. The molecule has 3 rings (SSSR count). The fourth-order valence-corrected chi connectivity index (χ4v) is 2.01. The van der Waals surface area contributed by atoms with E-state index in [9.17, 15) is 10.1 Å². The van der Waals surface area contributed by atoms with Crippen LogP contribution in [0.4, 0.5) is 5.88 Å². The minimum absolute atomic E-state index is 0.242. The number of benzene rings is 2. The summed E-state index contributed by atoms with van der Waals surface area (Å²) in [6.07, 6.45) is 0. The summed E-state index contributed by atoms with van der Waals surface area (Å²) in [5, 5.41) is 13.2. The molecule has 2 aromatic carbocycles. The van der Waals surface area contributed by atoms with Crippen molar-refractivity contribution in [1.29, 1.82) is 0 Å². The Bertz CT molecular complexity index is 760. The fraction of sp³-hybridized carbons (Fsp3) is 0.0769. The zero-order valence-electron chi connectivity index (χ0n) is 9.54. The molecular weight excluding hydrogens is 234 g/mol. The molecule has 0 saturated heterocycles. The van der Waals surface area contributed by atoms with Crippen molar-refractivity contribution >= 4 is 27.6 Å². The van der Waals surface area contributed by atoms with Crippen molar-refractivity contribution in [3.63, 3.8) is 0 Å². The highest BCUT2D eigenvalue weighted by Crippen LogP contribution is 2.32. The second kappa shape index (κ2) is 3.73. The number of nitro groups is 1. The van der Waals surface area contributed by atoms with Gasteiger partial charge in [-0.05, 0) is 23.6 Å². The Kier molecular flexibility index (Phi) is 2.19. The molecule has 3 aromatic rings. The molecule has 0 spiro atoms. The SMILES string of the molecule is COc1ccc2c(ccc3cc([N+](=O)[O-])oc32)c1. The zero-order chi connectivity index (χ0) is 12.7. The van der Waals surface area contributed by atoms with Gasteiger partial charge in [0.15, 0.2) is 0 Å². The topological polar surface area (TPSA) is 65.5 Å². The first kappa shape index (κ1) is 10.6. The number of fused-ring (bicyclic) bond motifs is 3. The molecule has 5 nitrogen and oxygen atoms in total. The van der Waals surface area contributed by atoms with Crippen LogP contribution in [0.2, 0.25) is 0 Å². The number of rotatable bonds is 2. The predicted molar refractivity (Wildman–Crippen MR) is 66.9 cm³/mol. The number of nitrogens with zero attached hydrogens (tertiary/aromatic N) is 1. The number of furan rings is 1. The highest BCUT2D eigenvalue weighted by atomic mass is 16.6. The molecule has 1 heterocycles. The van der Waals surface area contributed by atoms with Gasteiger partial charge in [-0.1, -0.05) is 12.1 Å². The van der Waals surface area contributed by atoms with Gasteiger partial charge in [-0.3, -0.25) is 10.1 Å². The van der Waals surface area contributed by atoms with Crippen molar-refractivity contribution in [2.75, 3.05) is 7.11 Å². The van der Waals surface area contributed by atoms with Gasteiger partial charge in [-0.25, -0.2) is 0 Å². The second-order valence-electron chi connectivity index (χ2n) is 3.91. The predicted octanol–water partition coefficient (Wildman–Crippen LogP) is 3.50. The molecule has 0 aliphatic rings. The maximum atomic E-state index is 10.7. The van der Waals surface area contributed by atoms with Crippen LogP contribution >= 0.6 is 0 Å². The van der Waals surface area contributed by atoms with E-state index in [1.54, 1.807) is 19.2 Å². The molecule has 0 aliphatic heterocycles. The lowest BCUT2D eigenvalue weighted by molar-refractivity contribution is -0.401. The summed E-state index contributed by atoms with van der Waals surface area (Å²) < 4.78 is 10.4. The van der Waals surface area contributed by atoms with E-state index in [1.165, 1.54) is 6.07 Å². The van der Waals surface area contributed by atoms with Crippen LogP contribution in [0.5, 0.6) is 5.75 Å². The standard InChI is InChI=1S/C13H9NO4/c1-17-10-4-5-11-8(6-10)2-3-9-7-12(14(15)16)18-13(9)11/h2-7H,1H3. The van der Waals surface area contributed by atoms with Gasteiger partial charge in [0.05, 0.1) is 13.2 Å². The van der Waals surface area contributed by atoms with E-state index in [0.717, 1.165) is 21.9 Å². The molecule has 0 bridgehead atoms. The minimum Gasteiger partial charge on any atom is -0.497 e. The van der Waals surface area contributed by atoms with Gasteiger partial charge in [0.1, 0.15) is 16.3 Å². The summed E-state index contributed by atoms with van der Waals surface area (Å²) in [4.78, 5) is 10.2. The Hall–Kier alpha value is -2.56. The molecule has 90 valence electrons. The van der Waals surface area contributed by atoms with Crippen molar-refractivity contribution in [1.82, 2.24) is 0 Å². The first-order valence-corrected chi connectivity index (χ1v) is 5.34. The summed E-state index contributed by atoms with van der Waals surface area (Å²) in [6.45, 7) is 0. The lowest BCUT2D eigenvalue weighted by Gasteiger charge is -2.02. The molecule has 0 fully saturated rings. The van der Waals surface area contributed by atoms with Crippen molar-refractivity contribution in [3.8, 4) is 5.75 Å². The third-order valence-electron chi connectivity index (χ3n) is 2.87. The van der Waals surface area contributed by atoms with Crippen LogP contribution < -0.4 is 4.74 Å². The average molecular weight is 243 g/mol. The normalized spacial score (nSPS) is 10.9. The molecule has 0 atom stereocenters. The van der Waals surface area contributed by atoms with Gasteiger partial charge in [-0.2, -0.15) is 0 Å². The molecule has 0 saturated carbocycles. The summed E-state index contributed by atoms with van der Waals surface area (Å²) in [5.41, 5.74) is 0.529. The van der Waals surface area contributed by atoms with Crippen molar-refractivity contribution in [3.05, 3.63) is 46.5 Å². The van der Waals surface area contributed by atoms with Crippen LogP contribution in [-0.4, -0.2) is 12.0 Å².